The topological polar surface area (TPSA) is 122 Å². The fourth-order valence-electron chi connectivity index (χ4n) is 2.22. The number of rotatable bonds is 4. The molecular formula is C15H8ClN3O5S. The zero-order chi connectivity index (χ0) is 18.1. The third-order valence-corrected chi connectivity index (χ3v) is 4.44. The Morgan fingerprint density at radius 1 is 1.28 bits per heavy atom. The quantitative estimate of drug-likeness (QED) is 0.526. The highest BCUT2D eigenvalue weighted by Crippen LogP contribution is 2.30. The standard InChI is InChI=1S/C15H8ClN3O5S/c16-7-4-5-9-11(6-7)25-15(17-9)18-13(20)12-8(14(21)22)2-1-3-10(12)19(23)24/h1-6H,(H,21,22)(H,17,18,20). The van der Waals surface area contributed by atoms with E-state index in [1.807, 2.05) is 0 Å². The Hall–Kier alpha value is -3.04. The molecule has 0 aliphatic heterocycles. The highest BCUT2D eigenvalue weighted by Gasteiger charge is 2.27. The molecule has 2 N–H and O–H groups in total. The van der Waals surface area contributed by atoms with Gasteiger partial charge in [0, 0.05) is 11.1 Å². The lowest BCUT2D eigenvalue weighted by Crippen LogP contribution is -2.18. The second-order valence-electron chi connectivity index (χ2n) is 4.85. The van der Waals surface area contributed by atoms with Crippen LogP contribution in [0.3, 0.4) is 0 Å². The minimum absolute atomic E-state index is 0.178. The smallest absolute Gasteiger partial charge is 0.336 e. The van der Waals surface area contributed by atoms with Crippen LogP contribution < -0.4 is 5.32 Å². The van der Waals surface area contributed by atoms with Crippen molar-refractivity contribution in [3.63, 3.8) is 0 Å². The van der Waals surface area contributed by atoms with Crippen molar-refractivity contribution in [1.29, 1.82) is 0 Å². The summed E-state index contributed by atoms with van der Waals surface area (Å²) in [5.74, 6) is -2.36. The average molecular weight is 378 g/mol. The van der Waals surface area contributed by atoms with E-state index >= 15 is 0 Å². The van der Waals surface area contributed by atoms with Gasteiger partial charge >= 0.3 is 5.97 Å². The first-order valence-electron chi connectivity index (χ1n) is 6.75. The van der Waals surface area contributed by atoms with Crippen molar-refractivity contribution in [2.45, 2.75) is 0 Å². The second kappa shape index (κ2) is 6.46. The number of carbonyl (C=O) groups excluding carboxylic acids is 1. The number of fused-ring (bicyclic) bond motifs is 1. The van der Waals surface area contributed by atoms with Gasteiger partial charge in [0.05, 0.1) is 20.7 Å². The van der Waals surface area contributed by atoms with Gasteiger partial charge in [-0.25, -0.2) is 9.78 Å². The average Bonchev–Trinajstić information content (AvgIpc) is 2.95. The molecule has 0 saturated heterocycles. The van der Waals surface area contributed by atoms with Gasteiger partial charge in [-0.3, -0.25) is 20.2 Å². The van der Waals surface area contributed by atoms with Gasteiger partial charge in [0.2, 0.25) is 0 Å². The number of hydrogen-bond donors (Lipinski definition) is 2. The van der Waals surface area contributed by atoms with E-state index in [9.17, 15) is 24.8 Å². The van der Waals surface area contributed by atoms with E-state index in [1.165, 1.54) is 6.07 Å². The number of anilines is 1. The molecular weight excluding hydrogens is 370 g/mol. The zero-order valence-electron chi connectivity index (χ0n) is 12.2. The summed E-state index contributed by atoms with van der Waals surface area (Å²) in [4.78, 5) is 38.3. The first kappa shape index (κ1) is 16.8. The molecule has 2 aromatic carbocycles. The fraction of sp³-hybridized carbons (Fsp3) is 0. The van der Waals surface area contributed by atoms with E-state index in [-0.39, 0.29) is 5.13 Å². The minimum Gasteiger partial charge on any atom is -0.478 e. The molecule has 10 heteroatoms. The van der Waals surface area contributed by atoms with Crippen LogP contribution in [0.15, 0.2) is 36.4 Å². The van der Waals surface area contributed by atoms with Gasteiger partial charge in [0.15, 0.2) is 5.13 Å². The van der Waals surface area contributed by atoms with Crippen molar-refractivity contribution in [3.8, 4) is 0 Å². The first-order chi connectivity index (χ1) is 11.9. The van der Waals surface area contributed by atoms with Gasteiger partial charge in [-0.05, 0) is 24.3 Å². The van der Waals surface area contributed by atoms with Gasteiger partial charge in [-0.1, -0.05) is 29.0 Å². The summed E-state index contributed by atoms with van der Waals surface area (Å²) < 4.78 is 0.712. The van der Waals surface area contributed by atoms with E-state index < -0.39 is 33.6 Å². The molecule has 3 aromatic rings. The molecule has 0 radical (unpaired) electrons. The van der Waals surface area contributed by atoms with Crippen molar-refractivity contribution in [2.24, 2.45) is 0 Å². The summed E-state index contributed by atoms with van der Waals surface area (Å²) in [6.45, 7) is 0. The Morgan fingerprint density at radius 2 is 2.04 bits per heavy atom. The molecule has 1 heterocycles. The van der Waals surface area contributed by atoms with Crippen LogP contribution in [-0.4, -0.2) is 26.9 Å². The normalized spacial score (nSPS) is 10.6. The molecule has 0 aliphatic carbocycles. The molecule has 0 bridgehead atoms. The van der Waals surface area contributed by atoms with E-state index in [0.29, 0.717) is 15.2 Å². The van der Waals surface area contributed by atoms with Crippen molar-refractivity contribution >= 4 is 55.8 Å². The number of nitrogens with one attached hydrogen (secondary N) is 1. The predicted octanol–water partition coefficient (Wildman–Crippen LogP) is 3.81. The summed E-state index contributed by atoms with van der Waals surface area (Å²) in [6.07, 6.45) is 0. The number of carbonyl (C=O) groups is 2. The van der Waals surface area contributed by atoms with Crippen molar-refractivity contribution < 1.29 is 19.6 Å². The summed E-state index contributed by atoms with van der Waals surface area (Å²) in [7, 11) is 0. The van der Waals surface area contributed by atoms with E-state index in [4.69, 9.17) is 11.6 Å². The third kappa shape index (κ3) is 3.28. The van der Waals surface area contributed by atoms with Crippen molar-refractivity contribution in [2.75, 3.05) is 5.32 Å². The maximum atomic E-state index is 12.5. The monoisotopic (exact) mass is 377 g/mol. The SMILES string of the molecule is O=C(O)c1cccc([N+](=O)[O-])c1C(=O)Nc1nc2ccc(Cl)cc2s1. The molecule has 0 aliphatic rings. The number of hydrogen-bond acceptors (Lipinski definition) is 6. The Morgan fingerprint density at radius 3 is 2.72 bits per heavy atom. The van der Waals surface area contributed by atoms with Gasteiger partial charge < -0.3 is 5.11 Å². The lowest BCUT2D eigenvalue weighted by molar-refractivity contribution is -0.385. The molecule has 126 valence electrons. The summed E-state index contributed by atoms with van der Waals surface area (Å²) >= 11 is 7.01. The Bertz CT molecular complexity index is 1000. The Kier molecular flexibility index (Phi) is 4.34. The lowest BCUT2D eigenvalue weighted by atomic mass is 10.0. The maximum absolute atomic E-state index is 12.5. The molecule has 0 spiro atoms. The second-order valence-corrected chi connectivity index (χ2v) is 6.31. The van der Waals surface area contributed by atoms with E-state index in [2.05, 4.69) is 10.3 Å². The van der Waals surface area contributed by atoms with Crippen LogP contribution >= 0.6 is 22.9 Å². The Labute approximate surface area is 148 Å². The van der Waals surface area contributed by atoms with Gasteiger partial charge in [0.25, 0.3) is 11.6 Å². The number of nitrogens with zero attached hydrogens (tertiary/aromatic N) is 2. The Balaban J connectivity index is 2.02. The number of aromatic nitrogens is 1. The van der Waals surface area contributed by atoms with E-state index in [0.717, 1.165) is 23.5 Å². The minimum atomic E-state index is -1.44. The van der Waals surface area contributed by atoms with Gasteiger partial charge in [-0.2, -0.15) is 0 Å². The number of amides is 1. The van der Waals surface area contributed by atoms with Crippen LogP contribution in [0.4, 0.5) is 10.8 Å². The number of nitro groups is 1. The van der Waals surface area contributed by atoms with Gasteiger partial charge in [-0.15, -0.1) is 0 Å². The predicted molar refractivity (Wildman–Crippen MR) is 92.6 cm³/mol. The van der Waals surface area contributed by atoms with Crippen LogP contribution in [0, 0.1) is 10.1 Å². The third-order valence-electron chi connectivity index (χ3n) is 3.27. The van der Waals surface area contributed by atoms with Crippen LogP contribution in [0.1, 0.15) is 20.7 Å². The number of thiazole rings is 1. The molecule has 0 unspecified atom stereocenters. The van der Waals surface area contributed by atoms with Crippen LogP contribution in [0.5, 0.6) is 0 Å². The van der Waals surface area contributed by atoms with Gasteiger partial charge in [0.1, 0.15) is 5.56 Å². The number of aromatic carboxylic acids is 1. The molecule has 8 nitrogen and oxygen atoms in total. The van der Waals surface area contributed by atoms with Crippen LogP contribution in [0.2, 0.25) is 5.02 Å². The number of carboxylic acid groups (broad SMARTS) is 1. The molecule has 3 rings (SSSR count). The van der Waals surface area contributed by atoms with Crippen molar-refractivity contribution in [3.05, 3.63) is 62.7 Å². The fourth-order valence-corrected chi connectivity index (χ4v) is 3.36. The van der Waals surface area contributed by atoms with Crippen LogP contribution in [-0.2, 0) is 0 Å². The molecule has 0 fully saturated rings. The van der Waals surface area contributed by atoms with Crippen molar-refractivity contribution in [1.82, 2.24) is 4.98 Å². The molecule has 25 heavy (non-hydrogen) atoms. The molecule has 1 aromatic heterocycles. The summed E-state index contributed by atoms with van der Waals surface area (Å²) in [5.41, 5.74) is -1.000. The first-order valence-corrected chi connectivity index (χ1v) is 7.94. The van der Waals surface area contributed by atoms with Crippen LogP contribution in [0.25, 0.3) is 10.2 Å². The highest BCUT2D eigenvalue weighted by molar-refractivity contribution is 7.22. The molecule has 0 saturated carbocycles. The number of nitro benzene ring substituents is 1. The molecule has 1 amide bonds. The zero-order valence-corrected chi connectivity index (χ0v) is 13.8. The highest BCUT2D eigenvalue weighted by atomic mass is 35.5. The molecule has 0 atom stereocenters. The number of halogens is 1. The van der Waals surface area contributed by atoms with E-state index in [1.54, 1.807) is 18.2 Å². The number of benzene rings is 2. The summed E-state index contributed by atoms with van der Waals surface area (Å²) in [6, 6.07) is 8.37. The maximum Gasteiger partial charge on any atom is 0.336 e. The largest absolute Gasteiger partial charge is 0.478 e. The lowest BCUT2D eigenvalue weighted by Gasteiger charge is -2.06. The number of carboxylic acids is 1. The summed E-state index contributed by atoms with van der Waals surface area (Å²) in [5, 5.41) is 23.4.